The molecule has 1 N–H and O–H groups in total. The standard InChI is InChI=1S/C18H20BrNO2S/c19-16-7-4-8-17(13-16)20-23(21,22)18-11-9-15(10-12-18)14-5-2-1-3-6-14/h4,7-14,20H,1-3,5-6H2. The summed E-state index contributed by atoms with van der Waals surface area (Å²) in [4.78, 5) is 0.303. The van der Waals surface area contributed by atoms with Crippen LogP contribution in [0.25, 0.3) is 0 Å². The van der Waals surface area contributed by atoms with Crippen LogP contribution in [0, 0.1) is 0 Å². The summed E-state index contributed by atoms with van der Waals surface area (Å²) >= 11 is 3.34. The van der Waals surface area contributed by atoms with Crippen molar-refractivity contribution in [2.75, 3.05) is 4.72 Å². The quantitative estimate of drug-likeness (QED) is 0.765. The Balaban J connectivity index is 1.77. The van der Waals surface area contributed by atoms with Crippen LogP contribution >= 0.6 is 15.9 Å². The molecule has 23 heavy (non-hydrogen) atoms. The van der Waals surface area contributed by atoms with Gasteiger partial charge in [-0.2, -0.15) is 0 Å². The van der Waals surface area contributed by atoms with E-state index < -0.39 is 10.0 Å². The van der Waals surface area contributed by atoms with Crippen molar-refractivity contribution < 1.29 is 8.42 Å². The normalized spacial score (nSPS) is 16.2. The molecule has 0 bridgehead atoms. The van der Waals surface area contributed by atoms with Gasteiger partial charge in [-0.3, -0.25) is 4.72 Å². The first-order valence-corrected chi connectivity index (χ1v) is 10.2. The zero-order chi connectivity index (χ0) is 16.3. The summed E-state index contributed by atoms with van der Waals surface area (Å²) in [5.41, 5.74) is 1.81. The van der Waals surface area contributed by atoms with E-state index in [1.54, 1.807) is 30.3 Å². The van der Waals surface area contributed by atoms with Crippen LogP contribution in [0.1, 0.15) is 43.6 Å². The van der Waals surface area contributed by atoms with E-state index in [1.807, 2.05) is 18.2 Å². The van der Waals surface area contributed by atoms with Gasteiger partial charge >= 0.3 is 0 Å². The molecule has 122 valence electrons. The third kappa shape index (κ3) is 4.15. The smallest absolute Gasteiger partial charge is 0.261 e. The second-order valence-electron chi connectivity index (χ2n) is 6.02. The zero-order valence-corrected chi connectivity index (χ0v) is 15.2. The molecule has 0 unspecified atom stereocenters. The minimum Gasteiger partial charge on any atom is -0.280 e. The molecule has 0 atom stereocenters. The Hall–Kier alpha value is -1.33. The van der Waals surface area contributed by atoms with Crippen LogP contribution in [0.5, 0.6) is 0 Å². The van der Waals surface area contributed by atoms with Gasteiger partial charge in [0.1, 0.15) is 0 Å². The summed E-state index contributed by atoms with van der Waals surface area (Å²) in [7, 11) is -3.55. The SMILES string of the molecule is O=S(=O)(Nc1cccc(Br)c1)c1ccc(C2CCCCC2)cc1. The van der Waals surface area contributed by atoms with Crippen LogP contribution < -0.4 is 4.72 Å². The molecule has 3 nitrogen and oxygen atoms in total. The molecule has 5 heteroatoms. The Kier molecular flexibility index (Phi) is 5.07. The zero-order valence-electron chi connectivity index (χ0n) is 12.8. The number of nitrogens with one attached hydrogen (secondary N) is 1. The number of hydrogen-bond donors (Lipinski definition) is 1. The first-order chi connectivity index (χ1) is 11.0. The highest BCUT2D eigenvalue weighted by molar-refractivity contribution is 9.10. The fraction of sp³-hybridized carbons (Fsp3) is 0.333. The fourth-order valence-electron chi connectivity index (χ4n) is 3.12. The van der Waals surface area contributed by atoms with Gasteiger partial charge in [0.2, 0.25) is 0 Å². The van der Waals surface area contributed by atoms with Gasteiger partial charge in [-0.05, 0) is 54.7 Å². The summed E-state index contributed by atoms with van der Waals surface area (Å²) in [6.45, 7) is 0. The molecule has 2 aromatic carbocycles. The third-order valence-corrected chi connectivity index (χ3v) is 6.23. The van der Waals surface area contributed by atoms with Gasteiger partial charge in [0.15, 0.2) is 0 Å². The van der Waals surface area contributed by atoms with E-state index in [1.165, 1.54) is 37.7 Å². The monoisotopic (exact) mass is 393 g/mol. The minimum absolute atomic E-state index is 0.303. The third-order valence-electron chi connectivity index (χ3n) is 4.34. The molecule has 1 fully saturated rings. The highest BCUT2D eigenvalue weighted by atomic mass is 79.9. The van der Waals surface area contributed by atoms with E-state index in [-0.39, 0.29) is 0 Å². The molecular weight excluding hydrogens is 374 g/mol. The van der Waals surface area contributed by atoms with Crippen molar-refractivity contribution in [1.29, 1.82) is 0 Å². The molecule has 3 rings (SSSR count). The predicted octanol–water partition coefficient (Wildman–Crippen LogP) is 5.30. The van der Waals surface area contributed by atoms with Gasteiger partial charge in [-0.1, -0.05) is 53.4 Å². The number of hydrogen-bond acceptors (Lipinski definition) is 2. The van der Waals surface area contributed by atoms with Gasteiger partial charge in [0.05, 0.1) is 4.90 Å². The molecular formula is C18H20BrNO2S. The van der Waals surface area contributed by atoms with E-state index in [0.717, 1.165) is 4.47 Å². The van der Waals surface area contributed by atoms with Crippen molar-refractivity contribution in [3.05, 3.63) is 58.6 Å². The van der Waals surface area contributed by atoms with Crippen molar-refractivity contribution in [3.63, 3.8) is 0 Å². The highest BCUT2D eigenvalue weighted by Gasteiger charge is 2.18. The highest BCUT2D eigenvalue weighted by Crippen LogP contribution is 2.33. The molecule has 1 aliphatic carbocycles. The largest absolute Gasteiger partial charge is 0.280 e. The second-order valence-corrected chi connectivity index (χ2v) is 8.62. The molecule has 0 spiro atoms. The van der Waals surface area contributed by atoms with E-state index in [2.05, 4.69) is 20.7 Å². The van der Waals surface area contributed by atoms with Gasteiger partial charge < -0.3 is 0 Å². The lowest BCUT2D eigenvalue weighted by Gasteiger charge is -2.22. The maximum Gasteiger partial charge on any atom is 0.261 e. The van der Waals surface area contributed by atoms with Gasteiger partial charge in [-0.15, -0.1) is 0 Å². The number of benzene rings is 2. The average Bonchev–Trinajstić information content (AvgIpc) is 2.55. The van der Waals surface area contributed by atoms with Crippen LogP contribution in [0.3, 0.4) is 0 Å². The number of halogens is 1. The summed E-state index contributed by atoms with van der Waals surface area (Å²) in [5, 5.41) is 0. The van der Waals surface area contributed by atoms with Crippen LogP contribution in [0.15, 0.2) is 57.9 Å². The summed E-state index contributed by atoms with van der Waals surface area (Å²) in [6, 6.07) is 14.5. The molecule has 1 aliphatic rings. The predicted molar refractivity (Wildman–Crippen MR) is 97.2 cm³/mol. The molecule has 2 aromatic rings. The molecule has 0 heterocycles. The average molecular weight is 394 g/mol. The van der Waals surface area contributed by atoms with Crippen molar-refractivity contribution in [3.8, 4) is 0 Å². The summed E-state index contributed by atoms with van der Waals surface area (Å²) < 4.78 is 28.4. The Morgan fingerprint density at radius 3 is 2.30 bits per heavy atom. The maximum atomic E-state index is 12.5. The first-order valence-electron chi connectivity index (χ1n) is 7.93. The Bertz CT molecular complexity index is 766. The molecule has 0 aromatic heterocycles. The Morgan fingerprint density at radius 2 is 1.65 bits per heavy atom. The molecule has 0 aliphatic heterocycles. The van der Waals surface area contributed by atoms with Crippen molar-refractivity contribution in [2.24, 2.45) is 0 Å². The fourth-order valence-corrected chi connectivity index (χ4v) is 4.57. The second kappa shape index (κ2) is 7.05. The molecule has 1 saturated carbocycles. The first kappa shape index (κ1) is 16.5. The topological polar surface area (TPSA) is 46.2 Å². The van der Waals surface area contributed by atoms with Crippen molar-refractivity contribution in [1.82, 2.24) is 0 Å². The van der Waals surface area contributed by atoms with E-state index in [0.29, 0.717) is 16.5 Å². The molecule has 0 amide bonds. The summed E-state index contributed by atoms with van der Waals surface area (Å²) in [5.74, 6) is 0.582. The maximum absolute atomic E-state index is 12.5. The van der Waals surface area contributed by atoms with Gasteiger partial charge in [-0.25, -0.2) is 8.42 Å². The summed E-state index contributed by atoms with van der Waals surface area (Å²) in [6.07, 6.45) is 6.29. The number of anilines is 1. The minimum atomic E-state index is -3.55. The van der Waals surface area contributed by atoms with Crippen LogP contribution in [-0.2, 0) is 10.0 Å². The Morgan fingerprint density at radius 1 is 0.957 bits per heavy atom. The lowest BCUT2D eigenvalue weighted by Crippen LogP contribution is -2.13. The number of sulfonamides is 1. The van der Waals surface area contributed by atoms with Gasteiger partial charge in [0.25, 0.3) is 10.0 Å². The van der Waals surface area contributed by atoms with Crippen LogP contribution in [0.4, 0.5) is 5.69 Å². The van der Waals surface area contributed by atoms with Gasteiger partial charge in [0, 0.05) is 10.2 Å². The lowest BCUT2D eigenvalue weighted by atomic mass is 9.84. The van der Waals surface area contributed by atoms with Crippen molar-refractivity contribution in [2.45, 2.75) is 42.9 Å². The van der Waals surface area contributed by atoms with Crippen LogP contribution in [0.2, 0.25) is 0 Å². The molecule has 0 radical (unpaired) electrons. The molecule has 0 saturated heterocycles. The number of rotatable bonds is 4. The van der Waals surface area contributed by atoms with Crippen molar-refractivity contribution >= 4 is 31.6 Å². The van der Waals surface area contributed by atoms with E-state index in [4.69, 9.17) is 0 Å². The Labute approximate surface area is 146 Å². The van der Waals surface area contributed by atoms with E-state index >= 15 is 0 Å². The van der Waals surface area contributed by atoms with Crippen LogP contribution in [-0.4, -0.2) is 8.42 Å². The lowest BCUT2D eigenvalue weighted by molar-refractivity contribution is 0.443. The van der Waals surface area contributed by atoms with E-state index in [9.17, 15) is 8.42 Å².